The van der Waals surface area contributed by atoms with Crippen LogP contribution in [0.15, 0.2) is 0 Å². The molecule has 6 nitrogen and oxygen atoms in total. The minimum Gasteiger partial charge on any atom is -0.481 e. The van der Waals surface area contributed by atoms with Crippen LogP contribution in [0.25, 0.3) is 0 Å². The van der Waals surface area contributed by atoms with Gasteiger partial charge in [0.1, 0.15) is 0 Å². The molecule has 1 radical (unpaired) electrons. The second-order valence-corrected chi connectivity index (χ2v) is 4.49. The number of carbonyl (C=O) groups excluding carboxylic acids is 1. The predicted molar refractivity (Wildman–Crippen MR) is 61.3 cm³/mol. The molecule has 0 aromatic rings. The third kappa shape index (κ3) is 4.17. The molecule has 18 heavy (non-hydrogen) atoms. The summed E-state index contributed by atoms with van der Waals surface area (Å²) in [5, 5.41) is 11.4. The Labute approximate surface area is 132 Å². The van der Waals surface area contributed by atoms with Crippen molar-refractivity contribution in [1.29, 1.82) is 0 Å². The minimum atomic E-state index is -0.751. The second kappa shape index (κ2) is 7.41. The number of amides is 2. The summed E-state index contributed by atoms with van der Waals surface area (Å²) in [6.07, 6.45) is 2.04. The van der Waals surface area contributed by atoms with E-state index in [0.717, 1.165) is 25.9 Å². The maximum Gasteiger partial charge on any atom is 0.304 e. The van der Waals surface area contributed by atoms with Crippen LogP contribution in [0.4, 0.5) is 4.79 Å². The van der Waals surface area contributed by atoms with Crippen LogP contribution < -0.4 is 5.32 Å². The molecule has 2 fully saturated rings. The van der Waals surface area contributed by atoms with Crippen LogP contribution in [0, 0.1) is 6.54 Å². The summed E-state index contributed by atoms with van der Waals surface area (Å²) in [5.74, 6) is -0.751. The Balaban J connectivity index is 0.00000162. The monoisotopic (exact) mass is 329 g/mol. The van der Waals surface area contributed by atoms with Crippen LogP contribution in [0.2, 0.25) is 0 Å². The summed E-state index contributed by atoms with van der Waals surface area (Å²) in [4.78, 5) is 25.9. The molecular weight excluding hydrogens is 311 g/mol. The standard InChI is InChI=1S/C11H18N3O3.Y/c15-10(16)3-7-13-5-1-9(2-6-13)14-8-4-12-11(14)17;/h8-9H,1-7H2,(H,12,17)(H,15,16);/q-1;. The van der Waals surface area contributed by atoms with E-state index in [0.29, 0.717) is 13.1 Å². The topological polar surface area (TPSA) is 72.9 Å². The maximum atomic E-state index is 11.5. The smallest absolute Gasteiger partial charge is 0.304 e. The van der Waals surface area contributed by atoms with E-state index < -0.39 is 5.97 Å². The molecule has 2 amide bonds. The number of nitrogens with zero attached hydrogens (tertiary/aromatic N) is 2. The van der Waals surface area contributed by atoms with Gasteiger partial charge in [-0.3, -0.25) is 9.59 Å². The molecule has 0 unspecified atom stereocenters. The number of carbonyl (C=O) groups is 2. The average Bonchev–Trinajstić information content (AvgIpc) is 2.73. The fraction of sp³-hybridized carbons (Fsp3) is 0.727. The summed E-state index contributed by atoms with van der Waals surface area (Å²) >= 11 is 0. The summed E-state index contributed by atoms with van der Waals surface area (Å²) in [6.45, 7) is 4.88. The van der Waals surface area contributed by atoms with Crippen molar-refractivity contribution in [1.82, 2.24) is 15.1 Å². The SMILES string of the molecule is O=C(O)CCN1CCC(N2[CH-]CNC2=O)CC1.[Y]. The molecule has 0 saturated carbocycles. The maximum absolute atomic E-state index is 11.5. The Kier molecular flexibility index (Phi) is 6.53. The first kappa shape index (κ1) is 15.9. The summed E-state index contributed by atoms with van der Waals surface area (Å²) in [7, 11) is 0. The summed E-state index contributed by atoms with van der Waals surface area (Å²) in [6, 6.07) is 0.271. The molecule has 0 bridgehead atoms. The number of piperidine rings is 1. The molecule has 0 aromatic heterocycles. The number of carboxylic acids is 1. The van der Waals surface area contributed by atoms with Gasteiger partial charge in [-0.25, -0.2) is 6.54 Å². The van der Waals surface area contributed by atoms with Gasteiger partial charge in [-0.05, 0) is 12.8 Å². The Morgan fingerprint density at radius 2 is 2.11 bits per heavy atom. The molecule has 0 aliphatic carbocycles. The van der Waals surface area contributed by atoms with Gasteiger partial charge in [-0.1, -0.05) is 6.54 Å². The number of urea groups is 1. The first-order chi connectivity index (χ1) is 8.16. The first-order valence-electron chi connectivity index (χ1n) is 6.00. The van der Waals surface area contributed by atoms with E-state index in [1.165, 1.54) is 0 Å². The molecule has 0 aromatic carbocycles. The van der Waals surface area contributed by atoms with Gasteiger partial charge in [0.2, 0.25) is 0 Å². The van der Waals surface area contributed by atoms with Crippen molar-refractivity contribution in [3.8, 4) is 0 Å². The van der Waals surface area contributed by atoms with Gasteiger partial charge in [0.05, 0.1) is 6.42 Å². The average molecular weight is 329 g/mol. The third-order valence-corrected chi connectivity index (χ3v) is 3.37. The molecule has 0 atom stereocenters. The van der Waals surface area contributed by atoms with E-state index in [1.807, 2.05) is 6.54 Å². The van der Waals surface area contributed by atoms with Gasteiger partial charge in [-0.15, -0.1) is 0 Å². The number of likely N-dealkylation sites (tertiary alicyclic amines) is 1. The molecule has 7 heteroatoms. The Morgan fingerprint density at radius 1 is 1.44 bits per heavy atom. The van der Waals surface area contributed by atoms with Gasteiger partial charge >= 0.3 is 5.97 Å². The number of hydrogen-bond acceptors (Lipinski definition) is 3. The van der Waals surface area contributed by atoms with Crippen LogP contribution in [0.3, 0.4) is 0 Å². The van der Waals surface area contributed by atoms with Crippen molar-refractivity contribution in [2.75, 3.05) is 26.2 Å². The van der Waals surface area contributed by atoms with Crippen molar-refractivity contribution in [2.45, 2.75) is 25.3 Å². The zero-order chi connectivity index (χ0) is 12.3. The van der Waals surface area contributed by atoms with E-state index in [1.54, 1.807) is 4.90 Å². The van der Waals surface area contributed by atoms with E-state index in [2.05, 4.69) is 10.2 Å². The third-order valence-electron chi connectivity index (χ3n) is 3.37. The normalized spacial score (nSPS) is 21.6. The Bertz CT molecular complexity index is 306. The number of nitrogens with one attached hydrogen (secondary N) is 1. The number of rotatable bonds is 4. The fourth-order valence-corrected chi connectivity index (χ4v) is 2.40. The Hall–Kier alpha value is -0.196. The van der Waals surface area contributed by atoms with Crippen molar-refractivity contribution < 1.29 is 47.4 Å². The largest absolute Gasteiger partial charge is 0.481 e. The molecule has 99 valence electrons. The molecule has 2 aliphatic rings. The zero-order valence-corrected chi connectivity index (χ0v) is 13.2. The van der Waals surface area contributed by atoms with Crippen molar-refractivity contribution >= 4 is 12.0 Å². The van der Waals surface area contributed by atoms with Gasteiger partial charge in [0, 0.05) is 58.4 Å². The molecule has 0 spiro atoms. The number of aliphatic carboxylic acids is 1. The van der Waals surface area contributed by atoms with E-state index >= 15 is 0 Å². The van der Waals surface area contributed by atoms with Crippen molar-refractivity contribution in [2.24, 2.45) is 0 Å². The molecule has 2 rings (SSSR count). The molecule has 2 aliphatic heterocycles. The van der Waals surface area contributed by atoms with E-state index in [-0.39, 0.29) is 51.2 Å². The predicted octanol–water partition coefficient (Wildman–Crippen LogP) is 0.110. The minimum absolute atomic E-state index is 0. The Morgan fingerprint density at radius 3 is 2.61 bits per heavy atom. The van der Waals surface area contributed by atoms with E-state index in [4.69, 9.17) is 5.11 Å². The van der Waals surface area contributed by atoms with Gasteiger partial charge in [0.15, 0.2) is 0 Å². The molecule has 2 N–H and O–H groups in total. The van der Waals surface area contributed by atoms with Crippen LogP contribution in [-0.4, -0.2) is 59.1 Å². The zero-order valence-electron chi connectivity index (χ0n) is 10.3. The van der Waals surface area contributed by atoms with Crippen LogP contribution in [0.1, 0.15) is 19.3 Å². The quantitative estimate of drug-likeness (QED) is 0.718. The van der Waals surface area contributed by atoms with Gasteiger partial charge in [0.25, 0.3) is 6.03 Å². The first-order valence-corrected chi connectivity index (χ1v) is 6.00. The van der Waals surface area contributed by atoms with Crippen LogP contribution in [-0.2, 0) is 37.5 Å². The van der Waals surface area contributed by atoms with Gasteiger partial charge in [-0.2, -0.15) is 0 Å². The van der Waals surface area contributed by atoms with Crippen molar-refractivity contribution in [3.05, 3.63) is 6.54 Å². The van der Waals surface area contributed by atoms with Crippen molar-refractivity contribution in [3.63, 3.8) is 0 Å². The van der Waals surface area contributed by atoms with Crippen LogP contribution >= 0.6 is 0 Å². The fourth-order valence-electron chi connectivity index (χ4n) is 2.40. The summed E-state index contributed by atoms with van der Waals surface area (Å²) < 4.78 is 0. The molecule has 2 heterocycles. The molecule has 2 saturated heterocycles. The summed E-state index contributed by atoms with van der Waals surface area (Å²) in [5.41, 5.74) is 0. The number of carboxylic acid groups (broad SMARTS) is 1. The van der Waals surface area contributed by atoms with E-state index in [9.17, 15) is 9.59 Å². The second-order valence-electron chi connectivity index (χ2n) is 4.49. The van der Waals surface area contributed by atoms with Gasteiger partial charge < -0.3 is 20.2 Å². The number of hydrogen-bond donors (Lipinski definition) is 2. The van der Waals surface area contributed by atoms with Crippen LogP contribution in [0.5, 0.6) is 0 Å². The molecular formula is C11H18N3O3Y-.